The number of benzene rings is 2. The lowest BCUT2D eigenvalue weighted by Gasteiger charge is -2.44. The van der Waals surface area contributed by atoms with Crippen LogP contribution in [0.1, 0.15) is 34.7 Å². The van der Waals surface area contributed by atoms with Crippen molar-refractivity contribution in [1.82, 2.24) is 9.88 Å². The summed E-state index contributed by atoms with van der Waals surface area (Å²) >= 11 is 0. The van der Waals surface area contributed by atoms with Crippen LogP contribution in [0.5, 0.6) is 0 Å². The van der Waals surface area contributed by atoms with Crippen LogP contribution >= 0.6 is 0 Å². The first-order valence-corrected chi connectivity index (χ1v) is 11.9. The first-order valence-electron chi connectivity index (χ1n) is 11.9. The van der Waals surface area contributed by atoms with Gasteiger partial charge in [0.25, 0.3) is 0 Å². The fourth-order valence-electron chi connectivity index (χ4n) is 5.55. The lowest BCUT2D eigenvalue weighted by atomic mass is 9.90. The van der Waals surface area contributed by atoms with Crippen molar-refractivity contribution in [2.24, 2.45) is 0 Å². The number of hydrogen-bond acceptors (Lipinski definition) is 4. The minimum atomic E-state index is -4.52. The van der Waals surface area contributed by atoms with Crippen LogP contribution in [0.3, 0.4) is 0 Å². The molecule has 1 aliphatic carbocycles. The van der Waals surface area contributed by atoms with Crippen molar-refractivity contribution in [3.63, 3.8) is 0 Å². The average Bonchev–Trinajstić information content (AvgIpc) is 3.20. The van der Waals surface area contributed by atoms with Gasteiger partial charge < -0.3 is 9.47 Å². The number of ether oxygens (including phenoxy) is 2. The molecule has 1 fully saturated rings. The van der Waals surface area contributed by atoms with Crippen LogP contribution in [0.15, 0.2) is 72.9 Å². The topological polar surface area (TPSA) is 51.7 Å². The Morgan fingerprint density at radius 1 is 1.03 bits per heavy atom. The lowest BCUT2D eigenvalue weighted by Crippen LogP contribution is -2.56. The zero-order chi connectivity index (χ0) is 24.9. The Balaban J connectivity index is 1.22. The maximum absolute atomic E-state index is 13.3. The first kappa shape index (κ1) is 22.8. The van der Waals surface area contributed by atoms with Crippen molar-refractivity contribution in [3.05, 3.63) is 95.3 Å². The summed E-state index contributed by atoms with van der Waals surface area (Å²) in [5, 5.41) is 0. The fraction of sp³-hybridized carbons (Fsp3) is 0.286. The van der Waals surface area contributed by atoms with Crippen LogP contribution in [0.2, 0.25) is 0 Å². The number of alkyl halides is 3. The molecule has 2 atom stereocenters. The molecule has 184 valence electrons. The highest BCUT2D eigenvalue weighted by molar-refractivity contribution is 5.79. The van der Waals surface area contributed by atoms with Gasteiger partial charge in [0.2, 0.25) is 0 Å². The fourth-order valence-corrected chi connectivity index (χ4v) is 5.55. The molecule has 0 saturated carbocycles. The summed E-state index contributed by atoms with van der Waals surface area (Å²) in [6.45, 7) is 0.774. The number of pyridine rings is 1. The third kappa shape index (κ3) is 3.95. The summed E-state index contributed by atoms with van der Waals surface area (Å²) in [7, 11) is 0. The maximum atomic E-state index is 13.3. The number of hydrogen-bond donors (Lipinski definition) is 0. The molecule has 0 N–H and O–H groups in total. The molecule has 6 rings (SSSR count). The van der Waals surface area contributed by atoms with Crippen molar-refractivity contribution < 1.29 is 27.4 Å². The molecule has 1 saturated heterocycles. The van der Waals surface area contributed by atoms with E-state index in [2.05, 4.69) is 29.2 Å². The largest absolute Gasteiger partial charge is 0.448 e. The molecule has 8 heteroatoms. The number of morpholine rings is 1. The summed E-state index contributed by atoms with van der Waals surface area (Å²) in [6, 6.07) is 18.2. The van der Waals surface area contributed by atoms with E-state index < -0.39 is 24.0 Å². The van der Waals surface area contributed by atoms with E-state index in [1.807, 2.05) is 30.3 Å². The molecule has 5 nitrogen and oxygen atoms in total. The molecule has 0 radical (unpaired) electrons. The summed E-state index contributed by atoms with van der Waals surface area (Å²) in [4.78, 5) is 18.4. The quantitative estimate of drug-likeness (QED) is 0.457. The van der Waals surface area contributed by atoms with Gasteiger partial charge in [-0.25, -0.2) is 4.79 Å². The van der Waals surface area contributed by atoms with E-state index in [0.29, 0.717) is 18.6 Å². The van der Waals surface area contributed by atoms with Gasteiger partial charge >= 0.3 is 12.3 Å². The number of halogens is 3. The van der Waals surface area contributed by atoms with Crippen LogP contribution in [0.4, 0.5) is 18.0 Å². The third-order valence-corrected chi connectivity index (χ3v) is 7.17. The highest BCUT2D eigenvalue weighted by atomic mass is 19.4. The molecule has 1 amide bonds. The van der Waals surface area contributed by atoms with E-state index >= 15 is 0 Å². The average molecular weight is 492 g/mol. The molecule has 2 aliphatic heterocycles. The van der Waals surface area contributed by atoms with E-state index in [9.17, 15) is 18.0 Å². The summed E-state index contributed by atoms with van der Waals surface area (Å²) in [5.74, 6) is -0.0501. The van der Waals surface area contributed by atoms with Gasteiger partial charge in [-0.15, -0.1) is 0 Å². The highest BCUT2D eigenvalue weighted by Crippen LogP contribution is 2.44. The van der Waals surface area contributed by atoms with Crippen LogP contribution in [-0.4, -0.2) is 47.9 Å². The van der Waals surface area contributed by atoms with Gasteiger partial charge in [-0.3, -0.25) is 9.88 Å². The predicted octanol–water partition coefficient (Wildman–Crippen LogP) is 5.91. The summed E-state index contributed by atoms with van der Waals surface area (Å²) in [5.41, 5.74) is 4.86. The predicted molar refractivity (Wildman–Crippen MR) is 127 cm³/mol. The Hall–Kier alpha value is -3.65. The minimum absolute atomic E-state index is 0.0501. The molecule has 2 bridgehead atoms. The molecule has 2 unspecified atom stereocenters. The number of rotatable bonds is 3. The van der Waals surface area contributed by atoms with E-state index in [1.54, 1.807) is 11.0 Å². The SMILES string of the molecule is O=C(OCC1c2ccccc2-c2ccccc21)N1C2C=C(c3ccnc(C(F)(F)F)c3)CC1COC2. The molecule has 3 heterocycles. The Kier molecular flexibility index (Phi) is 5.56. The first-order chi connectivity index (χ1) is 17.4. The Morgan fingerprint density at radius 3 is 2.39 bits per heavy atom. The second-order valence-corrected chi connectivity index (χ2v) is 9.29. The van der Waals surface area contributed by atoms with Crippen LogP contribution in [0, 0.1) is 0 Å². The van der Waals surface area contributed by atoms with Crippen molar-refractivity contribution in [2.75, 3.05) is 19.8 Å². The van der Waals surface area contributed by atoms with Gasteiger partial charge in [0, 0.05) is 12.1 Å². The standard InChI is InChI=1S/C28H23F3N2O3/c29-28(30,31)26-13-17(9-10-32-26)18-11-19-14-35-15-20(12-18)33(19)27(34)36-16-25-23-7-3-1-5-21(23)22-6-2-4-8-24(22)25/h1-11,13,19-20,25H,12,14-16H2. The van der Waals surface area contributed by atoms with E-state index in [4.69, 9.17) is 9.47 Å². The summed E-state index contributed by atoms with van der Waals surface area (Å²) in [6.07, 6.45) is -1.59. The molecular formula is C28H23F3N2O3. The Labute approximate surface area is 206 Å². The number of nitrogens with zero attached hydrogens (tertiary/aromatic N) is 2. The number of fused-ring (bicyclic) bond motifs is 5. The zero-order valence-corrected chi connectivity index (χ0v) is 19.2. The summed E-state index contributed by atoms with van der Waals surface area (Å²) < 4.78 is 51.0. The number of carbonyl (C=O) groups excluding carboxylic acids is 1. The zero-order valence-electron chi connectivity index (χ0n) is 19.2. The smallest absolute Gasteiger partial charge is 0.433 e. The number of aromatic nitrogens is 1. The maximum Gasteiger partial charge on any atom is 0.433 e. The van der Waals surface area contributed by atoms with Crippen LogP contribution < -0.4 is 0 Å². The van der Waals surface area contributed by atoms with E-state index in [1.165, 1.54) is 6.20 Å². The normalized spacial score (nSPS) is 21.0. The van der Waals surface area contributed by atoms with Gasteiger partial charge in [-0.1, -0.05) is 54.6 Å². The van der Waals surface area contributed by atoms with E-state index in [0.717, 1.165) is 33.9 Å². The molecular weight excluding hydrogens is 469 g/mol. The molecule has 3 aromatic rings. The van der Waals surface area contributed by atoms with Gasteiger partial charge in [0.05, 0.1) is 25.3 Å². The molecule has 36 heavy (non-hydrogen) atoms. The Bertz CT molecular complexity index is 1310. The van der Waals surface area contributed by atoms with Crippen LogP contribution in [0.25, 0.3) is 16.7 Å². The lowest BCUT2D eigenvalue weighted by molar-refractivity contribution is -0.141. The van der Waals surface area contributed by atoms with Gasteiger partial charge in [-0.2, -0.15) is 13.2 Å². The van der Waals surface area contributed by atoms with Crippen molar-refractivity contribution >= 4 is 11.7 Å². The monoisotopic (exact) mass is 492 g/mol. The molecule has 3 aliphatic rings. The van der Waals surface area contributed by atoms with E-state index in [-0.39, 0.29) is 25.2 Å². The second-order valence-electron chi connectivity index (χ2n) is 9.29. The van der Waals surface area contributed by atoms with Gasteiger partial charge in [0.15, 0.2) is 0 Å². The minimum Gasteiger partial charge on any atom is -0.448 e. The van der Waals surface area contributed by atoms with Gasteiger partial charge in [0.1, 0.15) is 12.3 Å². The van der Waals surface area contributed by atoms with Crippen molar-refractivity contribution in [3.8, 4) is 11.1 Å². The number of amides is 1. The molecule has 2 aromatic carbocycles. The molecule has 0 spiro atoms. The number of carbonyl (C=O) groups is 1. The van der Waals surface area contributed by atoms with Crippen LogP contribution in [-0.2, 0) is 15.7 Å². The highest BCUT2D eigenvalue weighted by Gasteiger charge is 2.40. The Morgan fingerprint density at radius 2 is 1.72 bits per heavy atom. The van der Waals surface area contributed by atoms with Gasteiger partial charge in [-0.05, 0) is 51.9 Å². The molecule has 1 aromatic heterocycles. The van der Waals surface area contributed by atoms with Crippen molar-refractivity contribution in [2.45, 2.75) is 30.6 Å². The second kappa shape index (κ2) is 8.78. The van der Waals surface area contributed by atoms with Crippen molar-refractivity contribution in [1.29, 1.82) is 0 Å². The third-order valence-electron chi connectivity index (χ3n) is 7.17.